The minimum Gasteiger partial charge on any atom is -0.445 e. The molecule has 0 amide bonds. The minimum atomic E-state index is -4.80. The van der Waals surface area contributed by atoms with Crippen molar-refractivity contribution >= 4 is 6.98 Å². The fraction of sp³-hybridized carbons (Fsp3) is 0.600. The van der Waals surface area contributed by atoms with Gasteiger partial charge in [-0.2, -0.15) is 0 Å². The molecule has 0 aromatic carbocycles. The minimum absolute atomic E-state index is 0.00347. The molecule has 1 aliphatic rings. The summed E-state index contributed by atoms with van der Waals surface area (Å²) in [5, 5.41) is 0. The Hall–Kier alpha value is -0.445. The number of halogens is 3. The van der Waals surface area contributed by atoms with Crippen LogP contribution in [-0.4, -0.2) is 31.5 Å². The molecular weight excluding hydrogens is 142 g/mol. The summed E-state index contributed by atoms with van der Waals surface area (Å²) in [4.78, 5) is 1.69. The van der Waals surface area contributed by atoms with E-state index < -0.39 is 12.4 Å². The first-order valence-corrected chi connectivity index (χ1v) is 3.10. The molecule has 58 valence electrons. The number of rotatable bonds is 3. The fourth-order valence-corrected chi connectivity index (χ4v) is 0.620. The molecule has 0 aromatic heterocycles. The van der Waals surface area contributed by atoms with Gasteiger partial charge in [0.25, 0.3) is 0 Å². The van der Waals surface area contributed by atoms with Gasteiger partial charge in [-0.25, -0.2) is 0 Å². The van der Waals surface area contributed by atoms with Gasteiger partial charge in [0.15, 0.2) is 0 Å². The zero-order valence-corrected chi connectivity index (χ0v) is 5.49. The zero-order chi connectivity index (χ0) is 7.78. The van der Waals surface area contributed by atoms with Gasteiger partial charge in [-0.05, 0) is 6.54 Å². The maximum absolute atomic E-state index is 11.8. The van der Waals surface area contributed by atoms with Crippen LogP contribution >= 0.6 is 0 Å². The highest BCUT2D eigenvalue weighted by molar-refractivity contribution is 6.66. The largest absolute Gasteiger partial charge is 0.506 e. The molecule has 10 heavy (non-hydrogen) atoms. The molecule has 1 fully saturated rings. The number of hydrogen-bond acceptors (Lipinski definition) is 1. The monoisotopic (exact) mass is 150 g/mol. The first kappa shape index (κ1) is 7.66. The van der Waals surface area contributed by atoms with Crippen LogP contribution in [0.4, 0.5) is 12.9 Å². The first-order valence-electron chi connectivity index (χ1n) is 3.10. The Labute approximate surface area is 57.6 Å². The normalized spacial score (nSPS) is 19.1. The van der Waals surface area contributed by atoms with E-state index in [9.17, 15) is 12.9 Å². The quantitative estimate of drug-likeness (QED) is 0.432. The molecule has 5 heteroatoms. The highest BCUT2D eigenvalue weighted by Gasteiger charge is 2.30. The lowest BCUT2D eigenvalue weighted by Crippen LogP contribution is -2.24. The van der Waals surface area contributed by atoms with Gasteiger partial charge in [0.05, 0.1) is 0 Å². The van der Waals surface area contributed by atoms with Crippen LogP contribution in [0, 0.1) is 0 Å². The summed E-state index contributed by atoms with van der Waals surface area (Å²) in [5.74, 6) is 0. The summed E-state index contributed by atoms with van der Waals surface area (Å²) in [5.41, 5.74) is -0.586. The van der Waals surface area contributed by atoms with Crippen molar-refractivity contribution < 1.29 is 12.9 Å². The van der Waals surface area contributed by atoms with Crippen LogP contribution in [0.1, 0.15) is 0 Å². The molecule has 0 saturated carbocycles. The van der Waals surface area contributed by atoms with Crippen LogP contribution in [0.2, 0.25) is 0 Å². The summed E-state index contributed by atoms with van der Waals surface area (Å²) in [6.07, 6.45) is 0. The Kier molecular flexibility index (Phi) is 1.77. The van der Waals surface area contributed by atoms with E-state index in [1.807, 2.05) is 0 Å². The van der Waals surface area contributed by atoms with Crippen molar-refractivity contribution in [1.29, 1.82) is 0 Å². The summed E-state index contributed by atoms with van der Waals surface area (Å²) in [7, 11) is 0. The molecule has 0 unspecified atom stereocenters. The van der Waals surface area contributed by atoms with Crippen LogP contribution < -0.4 is 0 Å². The zero-order valence-electron chi connectivity index (χ0n) is 5.49. The third-order valence-electron chi connectivity index (χ3n) is 1.43. The predicted octanol–water partition coefficient (Wildman–Crippen LogP) is 1.24. The van der Waals surface area contributed by atoms with Crippen molar-refractivity contribution in [2.24, 2.45) is 0 Å². The second-order valence-electron chi connectivity index (χ2n) is 2.51. The van der Waals surface area contributed by atoms with Crippen molar-refractivity contribution in [2.75, 3.05) is 19.6 Å². The van der Waals surface area contributed by atoms with Gasteiger partial charge in [-0.15, -0.1) is 12.1 Å². The standard InChI is InChI=1S/C5H8BF3N/c1-5(6(7,8)9)4-10-2-3-10/h1-4H2/q-1. The highest BCUT2D eigenvalue weighted by atomic mass is 19.4. The smallest absolute Gasteiger partial charge is 0.445 e. The molecule has 0 aromatic rings. The van der Waals surface area contributed by atoms with E-state index in [1.54, 1.807) is 4.90 Å². The molecule has 0 N–H and O–H groups in total. The van der Waals surface area contributed by atoms with Gasteiger partial charge in [-0.1, -0.05) is 0 Å². The Morgan fingerprint density at radius 1 is 1.40 bits per heavy atom. The molecule has 0 spiro atoms. The maximum atomic E-state index is 11.8. The van der Waals surface area contributed by atoms with E-state index in [0.29, 0.717) is 0 Å². The lowest BCUT2D eigenvalue weighted by molar-refractivity contribution is 0.476. The van der Waals surface area contributed by atoms with E-state index in [-0.39, 0.29) is 6.54 Å². The third kappa shape index (κ3) is 2.06. The van der Waals surface area contributed by atoms with Gasteiger partial charge in [0.2, 0.25) is 0 Å². The van der Waals surface area contributed by atoms with Crippen molar-refractivity contribution in [3.05, 3.63) is 12.1 Å². The summed E-state index contributed by atoms with van der Waals surface area (Å²) in [6.45, 7) is -0.260. The molecule has 1 aliphatic heterocycles. The van der Waals surface area contributed by atoms with Crippen molar-refractivity contribution in [3.63, 3.8) is 0 Å². The molecule has 0 aliphatic carbocycles. The number of nitrogens with zero attached hydrogens (tertiary/aromatic N) is 1. The topological polar surface area (TPSA) is 3.01 Å². The second kappa shape index (κ2) is 2.30. The SMILES string of the molecule is C=C(CN1CC1)[B-](F)(F)F. The lowest BCUT2D eigenvalue weighted by atomic mass is 9.80. The molecule has 0 bridgehead atoms. The van der Waals surface area contributed by atoms with Crippen LogP contribution in [0.25, 0.3) is 0 Å². The summed E-state index contributed by atoms with van der Waals surface area (Å²) >= 11 is 0. The first-order chi connectivity index (χ1) is 4.50. The van der Waals surface area contributed by atoms with E-state index in [1.165, 1.54) is 0 Å². The second-order valence-corrected chi connectivity index (χ2v) is 2.51. The summed E-state index contributed by atoms with van der Waals surface area (Å²) < 4.78 is 35.3. The van der Waals surface area contributed by atoms with Gasteiger partial charge in [0, 0.05) is 13.1 Å². The molecular formula is C5H8BF3N-. The molecule has 0 radical (unpaired) electrons. The fourth-order valence-electron chi connectivity index (χ4n) is 0.620. The van der Waals surface area contributed by atoms with Gasteiger partial charge < -0.3 is 12.9 Å². The van der Waals surface area contributed by atoms with Gasteiger partial charge in [-0.3, -0.25) is 4.90 Å². The Bertz CT molecular complexity index is 149. The van der Waals surface area contributed by atoms with E-state index in [0.717, 1.165) is 13.1 Å². The highest BCUT2D eigenvalue weighted by Crippen LogP contribution is 2.20. The average Bonchev–Trinajstić information content (AvgIpc) is 2.47. The van der Waals surface area contributed by atoms with Crippen LogP contribution in [-0.2, 0) is 0 Å². The van der Waals surface area contributed by atoms with Crippen molar-refractivity contribution in [1.82, 2.24) is 4.90 Å². The van der Waals surface area contributed by atoms with Crippen LogP contribution in [0.5, 0.6) is 0 Å². The molecule has 1 nitrogen and oxygen atoms in total. The molecule has 1 rings (SSSR count). The number of hydrogen-bond donors (Lipinski definition) is 0. The lowest BCUT2D eigenvalue weighted by Gasteiger charge is -2.17. The molecule has 0 atom stereocenters. The Morgan fingerprint density at radius 2 is 1.90 bits per heavy atom. The van der Waals surface area contributed by atoms with Crippen molar-refractivity contribution in [2.45, 2.75) is 0 Å². The van der Waals surface area contributed by atoms with Gasteiger partial charge in [0.1, 0.15) is 0 Å². The van der Waals surface area contributed by atoms with Crippen LogP contribution in [0.3, 0.4) is 0 Å². The Morgan fingerprint density at radius 3 is 2.20 bits per heavy atom. The van der Waals surface area contributed by atoms with Crippen molar-refractivity contribution in [3.8, 4) is 0 Å². The van der Waals surface area contributed by atoms with E-state index in [2.05, 4.69) is 6.58 Å². The molecule has 1 heterocycles. The van der Waals surface area contributed by atoms with E-state index >= 15 is 0 Å². The Balaban J connectivity index is 2.32. The maximum Gasteiger partial charge on any atom is 0.506 e. The van der Waals surface area contributed by atoms with Crippen LogP contribution in [0.15, 0.2) is 12.1 Å². The third-order valence-corrected chi connectivity index (χ3v) is 1.43. The average molecular weight is 150 g/mol. The van der Waals surface area contributed by atoms with Gasteiger partial charge >= 0.3 is 6.98 Å². The predicted molar refractivity (Wildman–Crippen MR) is 34.7 cm³/mol. The summed E-state index contributed by atoms with van der Waals surface area (Å²) in [6, 6.07) is 0. The molecule has 1 saturated heterocycles. The van der Waals surface area contributed by atoms with E-state index in [4.69, 9.17) is 0 Å².